The Kier molecular flexibility index (Phi) is 3.85. The van der Waals surface area contributed by atoms with Gasteiger partial charge >= 0.3 is 0 Å². The number of hydrogen-bond donors (Lipinski definition) is 3. The second kappa shape index (κ2) is 5.56. The molecule has 0 saturated carbocycles. The van der Waals surface area contributed by atoms with E-state index in [1.807, 2.05) is 31.2 Å². The molecule has 5 nitrogen and oxygen atoms in total. The Hall–Kier alpha value is -2.30. The second-order valence-corrected chi connectivity index (χ2v) is 4.49. The fourth-order valence-corrected chi connectivity index (χ4v) is 1.93. The molecule has 100 valence electrons. The van der Waals surface area contributed by atoms with Gasteiger partial charge in [0.1, 0.15) is 0 Å². The lowest BCUT2D eigenvalue weighted by molar-refractivity contribution is 0.0963. The van der Waals surface area contributed by atoms with E-state index in [0.717, 1.165) is 16.9 Å². The van der Waals surface area contributed by atoms with Gasteiger partial charge in [0.15, 0.2) is 0 Å². The molecular weight excluding hydrogens is 240 g/mol. The number of rotatable bonds is 4. The highest BCUT2D eigenvalue weighted by Crippen LogP contribution is 2.22. The zero-order chi connectivity index (χ0) is 13.8. The van der Waals surface area contributed by atoms with Crippen molar-refractivity contribution >= 4 is 11.6 Å². The Labute approximate surface area is 112 Å². The molecule has 2 rings (SSSR count). The first-order chi connectivity index (χ1) is 9.11. The summed E-state index contributed by atoms with van der Waals surface area (Å²) in [6.07, 6.45) is 1.73. The van der Waals surface area contributed by atoms with E-state index in [4.69, 9.17) is 0 Å². The first-order valence-electron chi connectivity index (χ1n) is 6.20. The van der Waals surface area contributed by atoms with Crippen molar-refractivity contribution in [1.29, 1.82) is 0 Å². The molecule has 1 amide bonds. The zero-order valence-electron chi connectivity index (χ0n) is 11.3. The molecule has 1 atom stereocenters. The van der Waals surface area contributed by atoms with Crippen LogP contribution in [-0.2, 0) is 0 Å². The number of aromatic amines is 1. The molecule has 19 heavy (non-hydrogen) atoms. The molecule has 1 aromatic heterocycles. The van der Waals surface area contributed by atoms with E-state index in [9.17, 15) is 4.79 Å². The summed E-state index contributed by atoms with van der Waals surface area (Å²) < 4.78 is 0. The van der Waals surface area contributed by atoms with Gasteiger partial charge in [0, 0.05) is 24.5 Å². The van der Waals surface area contributed by atoms with Crippen LogP contribution in [0.5, 0.6) is 0 Å². The van der Waals surface area contributed by atoms with E-state index in [0.29, 0.717) is 5.56 Å². The molecule has 0 spiro atoms. The van der Waals surface area contributed by atoms with Crippen molar-refractivity contribution < 1.29 is 4.79 Å². The molecule has 1 heterocycles. The van der Waals surface area contributed by atoms with Crippen molar-refractivity contribution in [2.75, 3.05) is 12.4 Å². The van der Waals surface area contributed by atoms with Crippen LogP contribution in [0.25, 0.3) is 0 Å². The molecule has 0 bridgehead atoms. The number of aryl methyl sites for hydroxylation is 1. The third kappa shape index (κ3) is 2.93. The Balaban J connectivity index is 2.15. The highest BCUT2D eigenvalue weighted by molar-refractivity contribution is 5.94. The van der Waals surface area contributed by atoms with Gasteiger partial charge in [0.05, 0.1) is 11.7 Å². The van der Waals surface area contributed by atoms with E-state index in [2.05, 4.69) is 27.8 Å². The number of carbonyl (C=O) groups excluding carboxylic acids is 1. The number of hydrogen-bond acceptors (Lipinski definition) is 3. The molecular formula is C14H18N4O. The number of carbonyl (C=O) groups is 1. The van der Waals surface area contributed by atoms with Crippen molar-refractivity contribution in [1.82, 2.24) is 15.5 Å². The van der Waals surface area contributed by atoms with E-state index in [1.54, 1.807) is 13.2 Å². The summed E-state index contributed by atoms with van der Waals surface area (Å²) in [5.41, 5.74) is 3.73. The number of nitrogens with one attached hydrogen (secondary N) is 3. The molecule has 0 aliphatic carbocycles. The first kappa shape index (κ1) is 13.1. The number of anilines is 1. The lowest BCUT2D eigenvalue weighted by Gasteiger charge is -2.16. The Morgan fingerprint density at radius 1 is 1.37 bits per heavy atom. The van der Waals surface area contributed by atoms with Gasteiger partial charge in [0.2, 0.25) is 0 Å². The fraction of sp³-hybridized carbons (Fsp3) is 0.286. The van der Waals surface area contributed by atoms with Crippen molar-refractivity contribution in [3.8, 4) is 0 Å². The van der Waals surface area contributed by atoms with Gasteiger partial charge < -0.3 is 10.6 Å². The first-order valence-corrected chi connectivity index (χ1v) is 6.20. The molecule has 0 aliphatic heterocycles. The van der Waals surface area contributed by atoms with Crippen molar-refractivity contribution in [2.24, 2.45) is 0 Å². The Morgan fingerprint density at radius 2 is 2.16 bits per heavy atom. The molecule has 0 aliphatic rings. The Morgan fingerprint density at radius 3 is 2.74 bits per heavy atom. The zero-order valence-corrected chi connectivity index (χ0v) is 11.3. The second-order valence-electron chi connectivity index (χ2n) is 4.49. The minimum atomic E-state index is -0.0729. The monoisotopic (exact) mass is 258 g/mol. The normalized spacial score (nSPS) is 11.9. The van der Waals surface area contributed by atoms with Crippen LogP contribution >= 0.6 is 0 Å². The van der Waals surface area contributed by atoms with Crippen molar-refractivity contribution in [3.63, 3.8) is 0 Å². The number of nitrogens with zero attached hydrogens (tertiary/aromatic N) is 1. The largest absolute Gasteiger partial charge is 0.377 e. The van der Waals surface area contributed by atoms with Crippen LogP contribution in [-0.4, -0.2) is 23.2 Å². The van der Waals surface area contributed by atoms with Gasteiger partial charge in [-0.2, -0.15) is 5.10 Å². The van der Waals surface area contributed by atoms with Gasteiger partial charge in [-0.05, 0) is 43.7 Å². The topological polar surface area (TPSA) is 69.8 Å². The maximum Gasteiger partial charge on any atom is 0.251 e. The number of amides is 1. The summed E-state index contributed by atoms with van der Waals surface area (Å²) >= 11 is 0. The van der Waals surface area contributed by atoms with E-state index in [1.165, 1.54) is 0 Å². The summed E-state index contributed by atoms with van der Waals surface area (Å²) in [6.45, 7) is 4.04. The predicted molar refractivity (Wildman–Crippen MR) is 75.2 cm³/mol. The van der Waals surface area contributed by atoms with Crippen LogP contribution in [0.3, 0.4) is 0 Å². The lowest BCUT2D eigenvalue weighted by Crippen LogP contribution is -2.18. The summed E-state index contributed by atoms with van der Waals surface area (Å²) in [5.74, 6) is -0.0729. The van der Waals surface area contributed by atoms with Gasteiger partial charge in [0.25, 0.3) is 5.91 Å². The molecule has 0 radical (unpaired) electrons. The molecule has 3 N–H and O–H groups in total. The third-order valence-electron chi connectivity index (χ3n) is 3.08. The summed E-state index contributed by atoms with van der Waals surface area (Å²) in [5, 5.41) is 12.9. The van der Waals surface area contributed by atoms with Gasteiger partial charge in [-0.15, -0.1) is 0 Å². The fourth-order valence-electron chi connectivity index (χ4n) is 1.93. The highest BCUT2D eigenvalue weighted by Gasteiger charge is 2.10. The quantitative estimate of drug-likeness (QED) is 0.787. The minimum absolute atomic E-state index is 0.0729. The number of benzene rings is 1. The van der Waals surface area contributed by atoms with Crippen LogP contribution < -0.4 is 10.6 Å². The lowest BCUT2D eigenvalue weighted by atomic mass is 10.1. The average Bonchev–Trinajstić information content (AvgIpc) is 2.94. The minimum Gasteiger partial charge on any atom is -0.377 e. The number of aromatic nitrogens is 2. The molecule has 5 heteroatoms. The van der Waals surface area contributed by atoms with Crippen LogP contribution in [0, 0.1) is 6.92 Å². The summed E-state index contributed by atoms with van der Waals surface area (Å²) in [6, 6.07) is 7.68. The van der Waals surface area contributed by atoms with E-state index >= 15 is 0 Å². The highest BCUT2D eigenvalue weighted by atomic mass is 16.1. The van der Waals surface area contributed by atoms with E-state index in [-0.39, 0.29) is 11.9 Å². The molecule has 1 aromatic carbocycles. The van der Waals surface area contributed by atoms with Crippen LogP contribution in [0.15, 0.2) is 30.5 Å². The SMILES string of the molecule is CNC(=O)c1ccc(NC(C)c2ccn[nH]2)c(C)c1. The van der Waals surface area contributed by atoms with Crippen LogP contribution in [0.2, 0.25) is 0 Å². The van der Waals surface area contributed by atoms with Crippen LogP contribution in [0.4, 0.5) is 5.69 Å². The van der Waals surface area contributed by atoms with E-state index < -0.39 is 0 Å². The average molecular weight is 258 g/mol. The summed E-state index contributed by atoms with van der Waals surface area (Å²) in [7, 11) is 1.63. The molecule has 0 saturated heterocycles. The Bertz CT molecular complexity index is 563. The predicted octanol–water partition coefficient (Wildman–Crippen LogP) is 2.25. The van der Waals surface area contributed by atoms with Crippen LogP contribution in [0.1, 0.15) is 34.6 Å². The smallest absolute Gasteiger partial charge is 0.251 e. The van der Waals surface area contributed by atoms with Gasteiger partial charge in [-0.25, -0.2) is 0 Å². The maximum atomic E-state index is 11.5. The maximum absolute atomic E-state index is 11.5. The number of H-pyrrole nitrogens is 1. The standard InChI is InChI=1S/C14H18N4O/c1-9-8-11(14(19)15-3)4-5-12(9)17-10(2)13-6-7-16-18-13/h4-8,10,17H,1-3H3,(H,15,19)(H,16,18). The van der Waals surface area contributed by atoms with Crippen molar-refractivity contribution in [3.05, 3.63) is 47.3 Å². The van der Waals surface area contributed by atoms with Crippen molar-refractivity contribution in [2.45, 2.75) is 19.9 Å². The van der Waals surface area contributed by atoms with Gasteiger partial charge in [-0.1, -0.05) is 0 Å². The van der Waals surface area contributed by atoms with Gasteiger partial charge in [-0.3, -0.25) is 9.89 Å². The molecule has 2 aromatic rings. The molecule has 0 fully saturated rings. The summed E-state index contributed by atoms with van der Waals surface area (Å²) in [4.78, 5) is 11.5. The molecule has 1 unspecified atom stereocenters. The third-order valence-corrected chi connectivity index (χ3v) is 3.08.